The van der Waals surface area contributed by atoms with Crippen molar-refractivity contribution in [3.05, 3.63) is 59.4 Å². The Kier molecular flexibility index (Phi) is 4.93. The summed E-state index contributed by atoms with van der Waals surface area (Å²) in [4.78, 5) is 4.05. The monoisotopic (exact) mass is 256 g/mol. The van der Waals surface area contributed by atoms with Crippen molar-refractivity contribution >= 4 is 0 Å². The zero-order valence-corrected chi connectivity index (χ0v) is 11.5. The molecule has 0 aliphatic rings. The van der Waals surface area contributed by atoms with E-state index >= 15 is 0 Å². The Bertz CT molecular complexity index is 511. The molecule has 0 saturated carbocycles. The number of rotatable bonds is 6. The van der Waals surface area contributed by atoms with Crippen LogP contribution in [0.15, 0.2) is 42.7 Å². The van der Waals surface area contributed by atoms with Gasteiger partial charge in [0.25, 0.3) is 0 Å². The van der Waals surface area contributed by atoms with Crippen LogP contribution < -0.4 is 10.1 Å². The third-order valence-electron chi connectivity index (χ3n) is 3.12. The van der Waals surface area contributed by atoms with Crippen molar-refractivity contribution in [1.82, 2.24) is 10.3 Å². The molecule has 1 N–H and O–H groups in total. The van der Waals surface area contributed by atoms with Crippen LogP contribution in [0.25, 0.3) is 0 Å². The van der Waals surface area contributed by atoms with Gasteiger partial charge in [0.1, 0.15) is 5.75 Å². The SMILES string of the molecule is CCNCc1cc(OC)ccc1Cc1ccncc1. The van der Waals surface area contributed by atoms with Gasteiger partial charge in [-0.05, 0) is 53.9 Å². The third kappa shape index (κ3) is 3.80. The standard InChI is InChI=1S/C16H20N2O/c1-3-17-12-15-11-16(19-2)5-4-14(15)10-13-6-8-18-9-7-13/h4-9,11,17H,3,10,12H2,1-2H3. The predicted molar refractivity (Wildman–Crippen MR) is 77.4 cm³/mol. The number of nitrogens with zero attached hydrogens (tertiary/aromatic N) is 1. The molecule has 100 valence electrons. The molecule has 0 spiro atoms. The van der Waals surface area contributed by atoms with E-state index in [0.717, 1.165) is 25.3 Å². The third-order valence-corrected chi connectivity index (χ3v) is 3.12. The topological polar surface area (TPSA) is 34.1 Å². The molecule has 0 aliphatic carbocycles. The highest BCUT2D eigenvalue weighted by Crippen LogP contribution is 2.20. The number of aromatic nitrogens is 1. The van der Waals surface area contributed by atoms with Crippen LogP contribution >= 0.6 is 0 Å². The summed E-state index contributed by atoms with van der Waals surface area (Å²) >= 11 is 0. The Labute approximate surface area is 114 Å². The molecule has 0 fully saturated rings. The van der Waals surface area contributed by atoms with E-state index in [2.05, 4.69) is 41.5 Å². The van der Waals surface area contributed by atoms with Gasteiger partial charge in [0.15, 0.2) is 0 Å². The lowest BCUT2D eigenvalue weighted by molar-refractivity contribution is 0.414. The van der Waals surface area contributed by atoms with Crippen LogP contribution in [0, 0.1) is 0 Å². The molecule has 0 unspecified atom stereocenters. The Morgan fingerprint density at radius 2 is 1.89 bits per heavy atom. The van der Waals surface area contributed by atoms with E-state index in [0.29, 0.717) is 0 Å². The summed E-state index contributed by atoms with van der Waals surface area (Å²) in [6.07, 6.45) is 4.60. The van der Waals surface area contributed by atoms with E-state index in [-0.39, 0.29) is 0 Å². The fourth-order valence-electron chi connectivity index (χ4n) is 2.05. The van der Waals surface area contributed by atoms with Crippen molar-refractivity contribution in [2.45, 2.75) is 19.9 Å². The molecule has 0 radical (unpaired) electrons. The smallest absolute Gasteiger partial charge is 0.119 e. The molecule has 0 amide bonds. The Hall–Kier alpha value is -1.87. The average Bonchev–Trinajstić information content (AvgIpc) is 2.47. The average molecular weight is 256 g/mol. The number of methoxy groups -OCH3 is 1. The van der Waals surface area contributed by atoms with Crippen LogP contribution in [0.3, 0.4) is 0 Å². The van der Waals surface area contributed by atoms with Crippen molar-refractivity contribution < 1.29 is 4.74 Å². The van der Waals surface area contributed by atoms with Gasteiger partial charge in [0.2, 0.25) is 0 Å². The normalized spacial score (nSPS) is 10.4. The van der Waals surface area contributed by atoms with Gasteiger partial charge in [-0.25, -0.2) is 0 Å². The van der Waals surface area contributed by atoms with Gasteiger partial charge in [-0.1, -0.05) is 13.0 Å². The molecule has 19 heavy (non-hydrogen) atoms. The lowest BCUT2D eigenvalue weighted by atomic mass is 10.00. The zero-order chi connectivity index (χ0) is 13.5. The maximum Gasteiger partial charge on any atom is 0.119 e. The molecule has 0 saturated heterocycles. The summed E-state index contributed by atoms with van der Waals surface area (Å²) in [6, 6.07) is 10.4. The Morgan fingerprint density at radius 1 is 1.11 bits per heavy atom. The molecular weight excluding hydrogens is 236 g/mol. The van der Waals surface area contributed by atoms with E-state index in [1.54, 1.807) is 7.11 Å². The Balaban J connectivity index is 2.22. The summed E-state index contributed by atoms with van der Waals surface area (Å²) in [7, 11) is 1.70. The highest BCUT2D eigenvalue weighted by atomic mass is 16.5. The van der Waals surface area contributed by atoms with E-state index in [1.807, 2.05) is 18.5 Å². The fourth-order valence-corrected chi connectivity index (χ4v) is 2.05. The number of nitrogens with one attached hydrogen (secondary N) is 1. The highest BCUT2D eigenvalue weighted by molar-refractivity contribution is 5.38. The lowest BCUT2D eigenvalue weighted by Crippen LogP contribution is -2.13. The second kappa shape index (κ2) is 6.90. The number of benzene rings is 1. The summed E-state index contributed by atoms with van der Waals surface area (Å²) in [5.74, 6) is 0.909. The zero-order valence-electron chi connectivity index (χ0n) is 11.5. The van der Waals surface area contributed by atoms with Gasteiger partial charge in [-0.2, -0.15) is 0 Å². The first-order valence-corrected chi connectivity index (χ1v) is 6.59. The first-order chi connectivity index (χ1) is 9.33. The number of hydrogen-bond acceptors (Lipinski definition) is 3. The predicted octanol–water partition coefficient (Wildman–Crippen LogP) is 2.79. The molecule has 0 bridgehead atoms. The van der Waals surface area contributed by atoms with Crippen LogP contribution in [0.4, 0.5) is 0 Å². The quantitative estimate of drug-likeness (QED) is 0.863. The van der Waals surface area contributed by atoms with Gasteiger partial charge < -0.3 is 10.1 Å². The van der Waals surface area contributed by atoms with Gasteiger partial charge in [0.05, 0.1) is 7.11 Å². The second-order valence-corrected chi connectivity index (χ2v) is 4.45. The van der Waals surface area contributed by atoms with Crippen molar-refractivity contribution in [2.75, 3.05) is 13.7 Å². The molecule has 3 nitrogen and oxygen atoms in total. The summed E-state index contributed by atoms with van der Waals surface area (Å²) < 4.78 is 5.30. The number of pyridine rings is 1. The van der Waals surface area contributed by atoms with Gasteiger partial charge in [0, 0.05) is 18.9 Å². The highest BCUT2D eigenvalue weighted by Gasteiger charge is 2.05. The molecule has 3 heteroatoms. The van der Waals surface area contributed by atoms with Gasteiger partial charge >= 0.3 is 0 Å². The van der Waals surface area contributed by atoms with Crippen molar-refractivity contribution in [3.63, 3.8) is 0 Å². The van der Waals surface area contributed by atoms with Crippen LogP contribution in [0.5, 0.6) is 5.75 Å². The van der Waals surface area contributed by atoms with E-state index in [9.17, 15) is 0 Å². The molecule has 1 aromatic carbocycles. The van der Waals surface area contributed by atoms with Gasteiger partial charge in [-0.3, -0.25) is 4.98 Å². The second-order valence-electron chi connectivity index (χ2n) is 4.45. The number of hydrogen-bond donors (Lipinski definition) is 1. The van der Waals surface area contributed by atoms with Crippen LogP contribution in [-0.4, -0.2) is 18.6 Å². The van der Waals surface area contributed by atoms with E-state index in [1.165, 1.54) is 16.7 Å². The van der Waals surface area contributed by atoms with Crippen molar-refractivity contribution in [1.29, 1.82) is 0 Å². The van der Waals surface area contributed by atoms with Crippen LogP contribution in [-0.2, 0) is 13.0 Å². The summed E-state index contributed by atoms with van der Waals surface area (Å²) in [5, 5.41) is 3.37. The maximum absolute atomic E-state index is 5.30. The van der Waals surface area contributed by atoms with Crippen molar-refractivity contribution in [2.24, 2.45) is 0 Å². The largest absolute Gasteiger partial charge is 0.497 e. The molecule has 2 rings (SSSR count). The first kappa shape index (κ1) is 13.6. The van der Waals surface area contributed by atoms with E-state index in [4.69, 9.17) is 4.74 Å². The van der Waals surface area contributed by atoms with Crippen LogP contribution in [0.2, 0.25) is 0 Å². The molecule has 0 aliphatic heterocycles. The van der Waals surface area contributed by atoms with Crippen LogP contribution in [0.1, 0.15) is 23.6 Å². The summed E-state index contributed by atoms with van der Waals surface area (Å²) in [6.45, 7) is 3.95. The number of ether oxygens (including phenoxy) is 1. The minimum Gasteiger partial charge on any atom is -0.497 e. The lowest BCUT2D eigenvalue weighted by Gasteiger charge is -2.12. The summed E-state index contributed by atoms with van der Waals surface area (Å²) in [5.41, 5.74) is 3.89. The molecular formula is C16H20N2O. The minimum absolute atomic E-state index is 0.869. The Morgan fingerprint density at radius 3 is 2.58 bits per heavy atom. The molecule has 1 heterocycles. The molecule has 2 aromatic rings. The maximum atomic E-state index is 5.30. The first-order valence-electron chi connectivity index (χ1n) is 6.59. The van der Waals surface area contributed by atoms with E-state index < -0.39 is 0 Å². The fraction of sp³-hybridized carbons (Fsp3) is 0.312. The van der Waals surface area contributed by atoms with Gasteiger partial charge in [-0.15, -0.1) is 0 Å². The molecule has 1 aromatic heterocycles. The molecule has 0 atom stereocenters. The minimum atomic E-state index is 0.869. The van der Waals surface area contributed by atoms with Crippen molar-refractivity contribution in [3.8, 4) is 5.75 Å².